The van der Waals surface area contributed by atoms with E-state index in [2.05, 4.69) is 14.5 Å². The molecule has 1 amide bonds. The molecule has 1 saturated heterocycles. The van der Waals surface area contributed by atoms with E-state index in [0.29, 0.717) is 5.57 Å². The van der Waals surface area contributed by atoms with E-state index in [0.717, 1.165) is 31.2 Å². The van der Waals surface area contributed by atoms with Crippen LogP contribution in [0, 0.1) is 0 Å². The number of nitrogens with zero attached hydrogens (tertiary/aromatic N) is 4. The van der Waals surface area contributed by atoms with Gasteiger partial charge in [0.05, 0.1) is 29.5 Å². The topological polar surface area (TPSA) is 81.5 Å². The quantitative estimate of drug-likeness (QED) is 0.312. The second-order valence-corrected chi connectivity index (χ2v) is 6.52. The summed E-state index contributed by atoms with van der Waals surface area (Å²) < 4.78 is 2.10. The molecule has 114 valence electrons. The van der Waals surface area contributed by atoms with E-state index >= 15 is 0 Å². The van der Waals surface area contributed by atoms with Crippen LogP contribution in [-0.4, -0.2) is 50.2 Å². The fourth-order valence-corrected chi connectivity index (χ4v) is 4.00. The van der Waals surface area contributed by atoms with E-state index in [1.54, 1.807) is 6.08 Å². The van der Waals surface area contributed by atoms with Gasteiger partial charge in [-0.15, -0.1) is 11.8 Å². The fourth-order valence-electron chi connectivity index (χ4n) is 2.88. The summed E-state index contributed by atoms with van der Waals surface area (Å²) >= 11 is 1.31. The van der Waals surface area contributed by atoms with Crippen molar-refractivity contribution in [2.75, 3.05) is 13.6 Å². The molecule has 9 heteroatoms. The van der Waals surface area contributed by atoms with Gasteiger partial charge in [0.25, 0.3) is 5.91 Å². The Morgan fingerprint density at radius 2 is 2.26 bits per heavy atom. The number of amides is 1. The molecule has 0 spiro atoms. The number of fused-ring (bicyclic) bond motifs is 2. The molecular weight excluding hydrogens is 327 g/mol. The number of β-lactam (4-membered cyclic amide) rings is 1. The van der Waals surface area contributed by atoms with E-state index in [9.17, 15) is 14.7 Å². The molecule has 0 N–H and O–H groups in total. The van der Waals surface area contributed by atoms with Crippen LogP contribution in [0.4, 0.5) is 0 Å². The summed E-state index contributed by atoms with van der Waals surface area (Å²) in [6.45, 7) is 2.65. The number of hydrogen-bond donors (Lipinski definition) is 0. The molecule has 4 heterocycles. The molecule has 0 radical (unpaired) electrons. The average Bonchev–Trinajstić information content (AvgIpc) is 3.05. The van der Waals surface area contributed by atoms with Crippen molar-refractivity contribution in [3.8, 4) is 0 Å². The van der Waals surface area contributed by atoms with E-state index in [4.69, 9.17) is 0 Å². The minimum atomic E-state index is -1.32. The van der Waals surface area contributed by atoms with Crippen LogP contribution >= 0.6 is 11.8 Å². The third kappa shape index (κ3) is 2.68. The van der Waals surface area contributed by atoms with Crippen LogP contribution in [0.2, 0.25) is 0 Å². The number of hydrogen-bond acceptors (Lipinski definition) is 6. The Morgan fingerprint density at radius 1 is 1.48 bits per heavy atom. The summed E-state index contributed by atoms with van der Waals surface area (Å²) in [4.78, 5) is 31.1. The molecule has 0 aromatic carbocycles. The SMILES string of the molecule is CN1CCn2cc(/C=C3/C(=O)N4C(C(=O)[O-])=CSC34)nc2C1.[Na+]. The van der Waals surface area contributed by atoms with Gasteiger partial charge in [-0.3, -0.25) is 14.6 Å². The molecule has 4 rings (SSSR count). The Balaban J connectivity index is 0.00000156. The standard InChI is InChI=1S/C14H14N4O3S.Na/c1-16-2-3-17-5-8(15-11(17)6-16)4-9-12(19)18-10(14(20)21)7-22-13(9)18;/h4-5,7,13H,2-3,6H2,1H3,(H,20,21);/q;+1/p-1/b9-4-;. The third-order valence-electron chi connectivity index (χ3n) is 4.06. The number of rotatable bonds is 2. The van der Waals surface area contributed by atoms with Gasteiger partial charge in [0.15, 0.2) is 0 Å². The zero-order valence-corrected chi connectivity index (χ0v) is 15.7. The van der Waals surface area contributed by atoms with Gasteiger partial charge in [-0.1, -0.05) is 0 Å². The molecule has 1 atom stereocenters. The van der Waals surface area contributed by atoms with Gasteiger partial charge in [0, 0.05) is 19.3 Å². The van der Waals surface area contributed by atoms with Crippen LogP contribution in [-0.2, 0) is 22.7 Å². The van der Waals surface area contributed by atoms with Gasteiger partial charge in [0.2, 0.25) is 0 Å². The van der Waals surface area contributed by atoms with Crippen LogP contribution in [0.3, 0.4) is 0 Å². The van der Waals surface area contributed by atoms with Crippen molar-refractivity contribution < 1.29 is 44.3 Å². The van der Waals surface area contributed by atoms with E-state index < -0.39 is 5.97 Å². The van der Waals surface area contributed by atoms with Crippen molar-refractivity contribution >= 4 is 29.7 Å². The number of carbonyl (C=O) groups is 2. The summed E-state index contributed by atoms with van der Waals surface area (Å²) in [7, 11) is 2.05. The molecular formula is C14H13N4NaO3S. The van der Waals surface area contributed by atoms with Crippen molar-refractivity contribution in [2.45, 2.75) is 18.5 Å². The number of aromatic nitrogens is 2. The number of thioether (sulfide) groups is 1. The maximum absolute atomic E-state index is 12.1. The normalized spacial score (nSPS) is 24.7. The van der Waals surface area contributed by atoms with Crippen molar-refractivity contribution in [3.63, 3.8) is 0 Å². The molecule has 1 aromatic rings. The van der Waals surface area contributed by atoms with Gasteiger partial charge < -0.3 is 14.5 Å². The molecule has 1 fully saturated rings. The first-order chi connectivity index (χ1) is 10.5. The summed E-state index contributed by atoms with van der Waals surface area (Å²) in [5.41, 5.74) is 1.28. The number of carboxylic acids is 1. The summed E-state index contributed by atoms with van der Waals surface area (Å²) in [5.74, 6) is -0.617. The maximum Gasteiger partial charge on any atom is 1.00 e. The molecule has 3 aliphatic heterocycles. The number of carbonyl (C=O) groups excluding carboxylic acids is 2. The predicted molar refractivity (Wildman–Crippen MR) is 77.9 cm³/mol. The van der Waals surface area contributed by atoms with Gasteiger partial charge >= 0.3 is 29.6 Å². The number of aliphatic carboxylic acids is 1. The minimum Gasteiger partial charge on any atom is -0.543 e. The summed E-state index contributed by atoms with van der Waals surface area (Å²) in [6.07, 6.45) is 3.70. The first-order valence-corrected chi connectivity index (χ1v) is 7.85. The monoisotopic (exact) mass is 340 g/mol. The number of carboxylic acid groups (broad SMARTS) is 1. The number of imidazole rings is 1. The van der Waals surface area contributed by atoms with Crippen LogP contribution in [0.1, 0.15) is 11.5 Å². The fraction of sp³-hybridized carbons (Fsp3) is 0.357. The summed E-state index contributed by atoms with van der Waals surface area (Å²) in [5, 5.41) is 12.1. The minimum absolute atomic E-state index is 0. The van der Waals surface area contributed by atoms with Crippen LogP contribution in [0.25, 0.3) is 6.08 Å². The first-order valence-electron chi connectivity index (χ1n) is 6.91. The molecule has 0 saturated carbocycles. The molecule has 3 aliphatic rings. The maximum atomic E-state index is 12.1. The van der Waals surface area contributed by atoms with Crippen molar-refractivity contribution in [1.29, 1.82) is 0 Å². The largest absolute Gasteiger partial charge is 1.00 e. The number of likely N-dealkylation sites (N-methyl/N-ethyl adjacent to an activating group) is 1. The Morgan fingerprint density at radius 3 is 3.00 bits per heavy atom. The zero-order chi connectivity index (χ0) is 15.4. The smallest absolute Gasteiger partial charge is 0.543 e. The molecule has 1 aromatic heterocycles. The molecule has 23 heavy (non-hydrogen) atoms. The van der Waals surface area contributed by atoms with Crippen molar-refractivity contribution in [3.05, 3.63) is 34.4 Å². The van der Waals surface area contributed by atoms with E-state index in [-0.39, 0.29) is 46.5 Å². The van der Waals surface area contributed by atoms with Crippen molar-refractivity contribution in [2.24, 2.45) is 0 Å². The van der Waals surface area contributed by atoms with Crippen LogP contribution in [0.5, 0.6) is 0 Å². The average molecular weight is 340 g/mol. The molecule has 0 aliphatic carbocycles. The third-order valence-corrected chi connectivity index (χ3v) is 5.14. The second-order valence-electron chi connectivity index (χ2n) is 5.57. The second kappa shape index (κ2) is 6.10. The van der Waals surface area contributed by atoms with Crippen molar-refractivity contribution in [1.82, 2.24) is 19.4 Å². The summed E-state index contributed by atoms with van der Waals surface area (Å²) in [6, 6.07) is 0. The molecule has 0 bridgehead atoms. The van der Waals surface area contributed by atoms with E-state index in [1.807, 2.05) is 13.2 Å². The van der Waals surface area contributed by atoms with E-state index in [1.165, 1.54) is 22.1 Å². The molecule has 1 unspecified atom stereocenters. The van der Waals surface area contributed by atoms with Crippen LogP contribution < -0.4 is 34.7 Å². The molecule has 7 nitrogen and oxygen atoms in total. The Labute approximate surface area is 159 Å². The van der Waals surface area contributed by atoms with Gasteiger partial charge in [0.1, 0.15) is 11.2 Å². The Kier molecular flexibility index (Phi) is 4.45. The predicted octanol–water partition coefficient (Wildman–Crippen LogP) is -3.78. The Bertz CT molecular complexity index is 757. The van der Waals surface area contributed by atoms with Gasteiger partial charge in [-0.2, -0.15) is 0 Å². The van der Waals surface area contributed by atoms with Gasteiger partial charge in [-0.25, -0.2) is 4.98 Å². The zero-order valence-electron chi connectivity index (χ0n) is 12.9. The van der Waals surface area contributed by atoms with Crippen LogP contribution in [0.15, 0.2) is 22.9 Å². The first kappa shape index (κ1) is 16.8. The van der Waals surface area contributed by atoms with Gasteiger partial charge in [-0.05, 0) is 18.5 Å². The Hall–Kier alpha value is -1.06.